The number of hydrogen-bond donors (Lipinski definition) is 0. The van der Waals surface area contributed by atoms with Crippen molar-refractivity contribution in [1.82, 2.24) is 4.98 Å². The van der Waals surface area contributed by atoms with Crippen LogP contribution in [0.1, 0.15) is 45.4 Å². The summed E-state index contributed by atoms with van der Waals surface area (Å²) >= 11 is 0. The summed E-state index contributed by atoms with van der Waals surface area (Å²) in [6.07, 6.45) is 8.87. The van der Waals surface area contributed by atoms with E-state index in [4.69, 9.17) is 4.74 Å². The van der Waals surface area contributed by atoms with Gasteiger partial charge >= 0.3 is 0 Å². The molecule has 0 N–H and O–H groups in total. The molecular formula is C13H20FNO. The van der Waals surface area contributed by atoms with E-state index < -0.39 is 5.95 Å². The van der Waals surface area contributed by atoms with Gasteiger partial charge in [0.1, 0.15) is 5.75 Å². The average Bonchev–Trinajstić information content (AvgIpc) is 2.30. The smallest absolute Gasteiger partial charge is 0.213 e. The predicted octanol–water partition coefficient (Wildman–Crippen LogP) is 3.96. The van der Waals surface area contributed by atoms with E-state index >= 15 is 0 Å². The number of hydrogen-bond acceptors (Lipinski definition) is 2. The van der Waals surface area contributed by atoms with Gasteiger partial charge in [-0.15, -0.1) is 0 Å². The Morgan fingerprint density at radius 3 is 2.56 bits per heavy atom. The summed E-state index contributed by atoms with van der Waals surface area (Å²) in [5, 5.41) is 0. The van der Waals surface area contributed by atoms with Gasteiger partial charge in [0.15, 0.2) is 0 Å². The van der Waals surface area contributed by atoms with Gasteiger partial charge in [0.2, 0.25) is 5.95 Å². The summed E-state index contributed by atoms with van der Waals surface area (Å²) in [5.41, 5.74) is 0. The quantitative estimate of drug-likeness (QED) is 0.493. The summed E-state index contributed by atoms with van der Waals surface area (Å²) in [7, 11) is 0. The Morgan fingerprint density at radius 2 is 1.88 bits per heavy atom. The second kappa shape index (κ2) is 8.08. The molecule has 2 nitrogen and oxygen atoms in total. The van der Waals surface area contributed by atoms with Gasteiger partial charge in [-0.3, -0.25) is 0 Å². The maximum atomic E-state index is 12.5. The van der Waals surface area contributed by atoms with Crippen molar-refractivity contribution < 1.29 is 9.13 Å². The van der Waals surface area contributed by atoms with Gasteiger partial charge in [0.05, 0.1) is 12.8 Å². The molecule has 0 radical (unpaired) electrons. The van der Waals surface area contributed by atoms with Crippen molar-refractivity contribution in [1.29, 1.82) is 0 Å². The minimum atomic E-state index is -0.466. The number of unbranched alkanes of at least 4 members (excludes halogenated alkanes) is 5. The van der Waals surface area contributed by atoms with Crippen LogP contribution in [0, 0.1) is 5.95 Å². The molecule has 0 saturated heterocycles. The maximum absolute atomic E-state index is 12.5. The standard InChI is InChI=1S/C13H20FNO/c1-2-3-4-5-6-7-10-16-12-8-9-13(14)15-11-12/h8-9,11H,2-7,10H2,1H3. The van der Waals surface area contributed by atoms with E-state index in [1.807, 2.05) is 0 Å². The van der Waals surface area contributed by atoms with Crippen molar-refractivity contribution in [3.63, 3.8) is 0 Å². The zero-order valence-corrected chi connectivity index (χ0v) is 9.92. The Kier molecular flexibility index (Phi) is 6.54. The van der Waals surface area contributed by atoms with Crippen LogP contribution in [0.15, 0.2) is 18.3 Å². The molecule has 0 aliphatic rings. The molecule has 90 valence electrons. The van der Waals surface area contributed by atoms with Gasteiger partial charge in [-0.25, -0.2) is 4.98 Å². The Balaban J connectivity index is 2.01. The molecular weight excluding hydrogens is 205 g/mol. The van der Waals surface area contributed by atoms with Crippen molar-refractivity contribution >= 4 is 0 Å². The van der Waals surface area contributed by atoms with E-state index in [-0.39, 0.29) is 0 Å². The van der Waals surface area contributed by atoms with Crippen LogP contribution in [0.2, 0.25) is 0 Å². The highest BCUT2D eigenvalue weighted by Gasteiger charge is 1.95. The molecule has 1 rings (SSSR count). The topological polar surface area (TPSA) is 22.1 Å². The molecule has 0 spiro atoms. The molecule has 0 unspecified atom stereocenters. The average molecular weight is 225 g/mol. The van der Waals surface area contributed by atoms with Crippen molar-refractivity contribution in [2.24, 2.45) is 0 Å². The zero-order chi connectivity index (χ0) is 11.6. The number of aromatic nitrogens is 1. The fourth-order valence-electron chi connectivity index (χ4n) is 1.52. The van der Waals surface area contributed by atoms with Crippen LogP contribution < -0.4 is 4.74 Å². The Morgan fingerprint density at radius 1 is 1.12 bits per heavy atom. The predicted molar refractivity (Wildman–Crippen MR) is 63.1 cm³/mol. The molecule has 3 heteroatoms. The van der Waals surface area contributed by atoms with E-state index in [9.17, 15) is 4.39 Å². The lowest BCUT2D eigenvalue weighted by molar-refractivity contribution is 0.302. The summed E-state index contributed by atoms with van der Waals surface area (Å²) in [6, 6.07) is 2.93. The van der Waals surface area contributed by atoms with Crippen LogP contribution in [-0.4, -0.2) is 11.6 Å². The first-order chi connectivity index (χ1) is 7.83. The highest BCUT2D eigenvalue weighted by atomic mass is 19.1. The summed E-state index contributed by atoms with van der Waals surface area (Å²) in [5.74, 6) is 0.182. The summed E-state index contributed by atoms with van der Waals surface area (Å²) < 4.78 is 17.9. The Hall–Kier alpha value is -1.12. The molecule has 0 amide bonds. The number of pyridine rings is 1. The third kappa shape index (κ3) is 5.69. The van der Waals surface area contributed by atoms with Crippen LogP contribution in [0.4, 0.5) is 4.39 Å². The summed E-state index contributed by atoms with van der Waals surface area (Å²) in [6.45, 7) is 2.91. The minimum Gasteiger partial charge on any atom is -0.492 e. The molecule has 0 aliphatic carbocycles. The second-order valence-corrected chi connectivity index (χ2v) is 3.93. The Bertz CT molecular complexity index is 274. The lowest BCUT2D eigenvalue weighted by Crippen LogP contribution is -1.98. The van der Waals surface area contributed by atoms with Crippen molar-refractivity contribution in [2.45, 2.75) is 45.4 Å². The van der Waals surface area contributed by atoms with E-state index in [1.165, 1.54) is 44.4 Å². The molecule has 1 aromatic rings. The van der Waals surface area contributed by atoms with Crippen LogP contribution in [0.5, 0.6) is 5.75 Å². The van der Waals surface area contributed by atoms with Crippen LogP contribution in [0.25, 0.3) is 0 Å². The molecule has 1 heterocycles. The molecule has 0 atom stereocenters. The monoisotopic (exact) mass is 225 g/mol. The first-order valence-corrected chi connectivity index (χ1v) is 6.07. The highest BCUT2D eigenvalue weighted by Crippen LogP contribution is 2.10. The molecule has 0 aliphatic heterocycles. The fraction of sp³-hybridized carbons (Fsp3) is 0.615. The maximum Gasteiger partial charge on any atom is 0.213 e. The number of ether oxygens (including phenoxy) is 1. The van der Waals surface area contributed by atoms with Gasteiger partial charge in [0, 0.05) is 0 Å². The minimum absolute atomic E-state index is 0.466. The van der Waals surface area contributed by atoms with E-state index in [1.54, 1.807) is 6.07 Å². The number of rotatable bonds is 8. The van der Waals surface area contributed by atoms with Gasteiger partial charge in [-0.1, -0.05) is 39.0 Å². The molecule has 0 aromatic carbocycles. The molecule has 0 fully saturated rings. The molecule has 0 saturated carbocycles. The van der Waals surface area contributed by atoms with Gasteiger partial charge < -0.3 is 4.74 Å². The van der Waals surface area contributed by atoms with Crippen LogP contribution in [-0.2, 0) is 0 Å². The fourth-order valence-corrected chi connectivity index (χ4v) is 1.52. The van der Waals surface area contributed by atoms with Gasteiger partial charge in [0.25, 0.3) is 0 Å². The van der Waals surface area contributed by atoms with Crippen LogP contribution >= 0.6 is 0 Å². The molecule has 16 heavy (non-hydrogen) atoms. The second-order valence-electron chi connectivity index (χ2n) is 3.93. The SMILES string of the molecule is CCCCCCCCOc1ccc(F)nc1. The van der Waals surface area contributed by atoms with Gasteiger partial charge in [-0.2, -0.15) is 4.39 Å². The molecule has 1 aromatic heterocycles. The highest BCUT2D eigenvalue weighted by molar-refractivity contribution is 5.15. The van der Waals surface area contributed by atoms with Crippen molar-refractivity contribution in [3.05, 3.63) is 24.3 Å². The number of halogens is 1. The normalized spacial score (nSPS) is 10.4. The van der Waals surface area contributed by atoms with Crippen molar-refractivity contribution in [2.75, 3.05) is 6.61 Å². The summed E-state index contributed by atoms with van der Waals surface area (Å²) in [4.78, 5) is 3.53. The third-order valence-electron chi connectivity index (χ3n) is 2.47. The zero-order valence-electron chi connectivity index (χ0n) is 9.92. The van der Waals surface area contributed by atoms with E-state index in [2.05, 4.69) is 11.9 Å². The lowest BCUT2D eigenvalue weighted by Gasteiger charge is -2.05. The first-order valence-electron chi connectivity index (χ1n) is 6.07. The van der Waals surface area contributed by atoms with Gasteiger partial charge in [-0.05, 0) is 18.6 Å². The third-order valence-corrected chi connectivity index (χ3v) is 2.47. The van der Waals surface area contributed by atoms with Crippen molar-refractivity contribution in [3.8, 4) is 5.75 Å². The first kappa shape index (κ1) is 12.9. The Labute approximate surface area is 96.8 Å². The largest absolute Gasteiger partial charge is 0.492 e. The number of nitrogens with zero attached hydrogens (tertiary/aromatic N) is 1. The van der Waals surface area contributed by atoms with Crippen LogP contribution in [0.3, 0.4) is 0 Å². The van der Waals surface area contributed by atoms with E-state index in [0.717, 1.165) is 6.42 Å². The van der Waals surface area contributed by atoms with E-state index in [0.29, 0.717) is 12.4 Å². The molecule has 0 bridgehead atoms. The lowest BCUT2D eigenvalue weighted by atomic mass is 10.1.